The summed E-state index contributed by atoms with van der Waals surface area (Å²) < 4.78 is 13.0. The maximum Gasteiger partial charge on any atom is 0.165 e. The summed E-state index contributed by atoms with van der Waals surface area (Å²) in [6.07, 6.45) is 1.50. The molecule has 4 nitrogen and oxygen atoms in total. The number of aromatic amines is 1. The summed E-state index contributed by atoms with van der Waals surface area (Å²) in [5, 5.41) is 15.2. The number of H-pyrrole nitrogens is 1. The van der Waals surface area contributed by atoms with Gasteiger partial charge in [0.2, 0.25) is 0 Å². The minimum absolute atomic E-state index is 0.370. The van der Waals surface area contributed by atoms with Gasteiger partial charge in [0.15, 0.2) is 11.6 Å². The molecule has 0 unspecified atom stereocenters. The third-order valence-electron chi connectivity index (χ3n) is 1.93. The van der Waals surface area contributed by atoms with Crippen molar-refractivity contribution in [2.75, 3.05) is 5.73 Å². The van der Waals surface area contributed by atoms with E-state index in [2.05, 4.69) is 10.2 Å². The molecule has 0 aliphatic heterocycles. The highest BCUT2D eigenvalue weighted by Gasteiger charge is 2.07. The van der Waals surface area contributed by atoms with Crippen molar-refractivity contribution in [3.05, 3.63) is 30.2 Å². The molecule has 0 aliphatic rings. The molecule has 1 heterocycles. The third kappa shape index (κ3) is 1.28. The lowest BCUT2D eigenvalue weighted by molar-refractivity contribution is 0.432. The number of phenolic OH excluding ortho intramolecular Hbond substituents is 1. The van der Waals surface area contributed by atoms with Gasteiger partial charge in [0.25, 0.3) is 0 Å². The molecule has 0 bridgehead atoms. The number of halogens is 1. The maximum absolute atomic E-state index is 13.0. The molecule has 0 atom stereocenters. The van der Waals surface area contributed by atoms with Gasteiger partial charge in [0.05, 0.1) is 6.20 Å². The van der Waals surface area contributed by atoms with Crippen LogP contribution in [0.4, 0.5) is 10.2 Å². The van der Waals surface area contributed by atoms with Crippen molar-refractivity contribution >= 4 is 5.82 Å². The number of phenols is 1. The van der Waals surface area contributed by atoms with Gasteiger partial charge in [-0.15, -0.1) is 0 Å². The first kappa shape index (κ1) is 8.55. The van der Waals surface area contributed by atoms with E-state index >= 15 is 0 Å². The summed E-state index contributed by atoms with van der Waals surface area (Å²) in [4.78, 5) is 0. The summed E-state index contributed by atoms with van der Waals surface area (Å²) in [5.74, 6) is -0.686. The number of nitrogens with two attached hydrogens (primary N) is 1. The molecule has 0 saturated carbocycles. The van der Waals surface area contributed by atoms with E-state index in [1.54, 1.807) is 6.07 Å². The monoisotopic (exact) mass is 193 g/mol. The zero-order valence-corrected chi connectivity index (χ0v) is 7.16. The van der Waals surface area contributed by atoms with Gasteiger partial charge < -0.3 is 10.8 Å². The smallest absolute Gasteiger partial charge is 0.165 e. The fourth-order valence-corrected chi connectivity index (χ4v) is 1.20. The summed E-state index contributed by atoms with van der Waals surface area (Å²) in [6, 6.07) is 4.05. The first-order chi connectivity index (χ1) is 6.68. The SMILES string of the molecule is Nc1[nH]ncc1-c1ccc(O)c(F)c1. The van der Waals surface area contributed by atoms with E-state index in [9.17, 15) is 4.39 Å². The van der Waals surface area contributed by atoms with Gasteiger partial charge in [-0.2, -0.15) is 5.10 Å². The Balaban J connectivity index is 2.53. The Kier molecular flexibility index (Phi) is 1.85. The molecule has 14 heavy (non-hydrogen) atoms. The number of nitrogens with zero attached hydrogens (tertiary/aromatic N) is 1. The minimum Gasteiger partial charge on any atom is -0.505 e. The molecule has 0 amide bonds. The zero-order valence-electron chi connectivity index (χ0n) is 7.16. The highest BCUT2D eigenvalue weighted by atomic mass is 19.1. The average molecular weight is 193 g/mol. The maximum atomic E-state index is 13.0. The molecule has 1 aromatic heterocycles. The molecule has 0 fully saturated rings. The second-order valence-corrected chi connectivity index (χ2v) is 2.86. The van der Waals surface area contributed by atoms with Crippen LogP contribution in [-0.2, 0) is 0 Å². The van der Waals surface area contributed by atoms with Crippen molar-refractivity contribution < 1.29 is 9.50 Å². The number of anilines is 1. The number of rotatable bonds is 1. The van der Waals surface area contributed by atoms with Crippen molar-refractivity contribution in [1.82, 2.24) is 10.2 Å². The third-order valence-corrected chi connectivity index (χ3v) is 1.93. The van der Waals surface area contributed by atoms with Gasteiger partial charge in [-0.3, -0.25) is 5.10 Å². The Hall–Kier alpha value is -2.04. The van der Waals surface area contributed by atoms with Crippen LogP contribution in [0.25, 0.3) is 11.1 Å². The summed E-state index contributed by atoms with van der Waals surface area (Å²) in [5.41, 5.74) is 6.75. The molecule has 72 valence electrons. The standard InChI is InChI=1S/C9H8FN3O/c10-7-3-5(1-2-8(7)14)6-4-12-13-9(6)11/h1-4,14H,(H3,11,12,13). The molecule has 0 spiro atoms. The molecule has 2 aromatic rings. The van der Waals surface area contributed by atoms with Gasteiger partial charge in [-0.05, 0) is 17.7 Å². The number of hydrogen-bond donors (Lipinski definition) is 3. The van der Waals surface area contributed by atoms with Crippen molar-refractivity contribution in [1.29, 1.82) is 0 Å². The molecule has 0 radical (unpaired) electrons. The zero-order chi connectivity index (χ0) is 10.1. The van der Waals surface area contributed by atoms with E-state index in [1.165, 1.54) is 18.3 Å². The lowest BCUT2D eigenvalue weighted by Gasteiger charge is -2.00. The van der Waals surface area contributed by atoms with Crippen LogP contribution in [0.5, 0.6) is 5.75 Å². The summed E-state index contributed by atoms with van der Waals surface area (Å²) in [7, 11) is 0. The quantitative estimate of drug-likeness (QED) is 0.642. The topological polar surface area (TPSA) is 74.9 Å². The predicted octanol–water partition coefficient (Wildman–Crippen LogP) is 1.50. The number of aromatic hydroxyl groups is 1. The molecule has 0 saturated heterocycles. The highest BCUT2D eigenvalue weighted by molar-refractivity contribution is 5.73. The van der Waals surface area contributed by atoms with E-state index in [0.717, 1.165) is 0 Å². The van der Waals surface area contributed by atoms with Gasteiger partial charge >= 0.3 is 0 Å². The molecule has 4 N–H and O–H groups in total. The Morgan fingerprint density at radius 2 is 2.21 bits per heavy atom. The van der Waals surface area contributed by atoms with Crippen molar-refractivity contribution in [2.24, 2.45) is 0 Å². The van der Waals surface area contributed by atoms with Crippen LogP contribution in [0.2, 0.25) is 0 Å². The van der Waals surface area contributed by atoms with Crippen LogP contribution >= 0.6 is 0 Å². The first-order valence-electron chi connectivity index (χ1n) is 3.96. The van der Waals surface area contributed by atoms with E-state index < -0.39 is 5.82 Å². The van der Waals surface area contributed by atoms with Crippen LogP contribution in [0.1, 0.15) is 0 Å². The van der Waals surface area contributed by atoms with Crippen LogP contribution in [0.15, 0.2) is 24.4 Å². The van der Waals surface area contributed by atoms with Crippen molar-refractivity contribution in [3.63, 3.8) is 0 Å². The minimum atomic E-state index is -0.678. The lowest BCUT2D eigenvalue weighted by Crippen LogP contribution is -1.88. The normalized spacial score (nSPS) is 10.4. The first-order valence-corrected chi connectivity index (χ1v) is 3.96. The van der Waals surface area contributed by atoms with Crippen LogP contribution in [0, 0.1) is 5.82 Å². The van der Waals surface area contributed by atoms with E-state index in [4.69, 9.17) is 10.8 Å². The molecule has 2 rings (SSSR count). The van der Waals surface area contributed by atoms with Gasteiger partial charge in [0.1, 0.15) is 5.82 Å². The predicted molar refractivity (Wildman–Crippen MR) is 50.1 cm³/mol. The Labute approximate surface area is 79.2 Å². The summed E-state index contributed by atoms with van der Waals surface area (Å²) in [6.45, 7) is 0. The van der Waals surface area contributed by atoms with E-state index in [-0.39, 0.29) is 5.75 Å². The lowest BCUT2D eigenvalue weighted by atomic mass is 10.1. The van der Waals surface area contributed by atoms with E-state index in [1.807, 2.05) is 0 Å². The van der Waals surface area contributed by atoms with Crippen molar-refractivity contribution in [2.45, 2.75) is 0 Å². The second kappa shape index (κ2) is 3.02. The number of nitrogen functional groups attached to an aromatic ring is 1. The van der Waals surface area contributed by atoms with Gasteiger partial charge in [-0.1, -0.05) is 6.07 Å². The number of benzene rings is 1. The molecule has 0 aliphatic carbocycles. The molecule has 5 heteroatoms. The highest BCUT2D eigenvalue weighted by Crippen LogP contribution is 2.27. The van der Waals surface area contributed by atoms with Crippen LogP contribution < -0.4 is 5.73 Å². The molecular weight excluding hydrogens is 185 g/mol. The van der Waals surface area contributed by atoms with Crippen LogP contribution in [-0.4, -0.2) is 15.3 Å². The largest absolute Gasteiger partial charge is 0.505 e. The van der Waals surface area contributed by atoms with Gasteiger partial charge in [-0.25, -0.2) is 4.39 Å². The number of nitrogens with one attached hydrogen (secondary N) is 1. The summed E-state index contributed by atoms with van der Waals surface area (Å²) >= 11 is 0. The second-order valence-electron chi connectivity index (χ2n) is 2.86. The Bertz CT molecular complexity index is 467. The fourth-order valence-electron chi connectivity index (χ4n) is 1.20. The molecule has 1 aromatic carbocycles. The number of aromatic nitrogens is 2. The Morgan fingerprint density at radius 1 is 1.43 bits per heavy atom. The molecular formula is C9H8FN3O. The fraction of sp³-hybridized carbons (Fsp3) is 0. The average Bonchev–Trinajstić information content (AvgIpc) is 2.57. The van der Waals surface area contributed by atoms with E-state index in [0.29, 0.717) is 16.9 Å². The van der Waals surface area contributed by atoms with Crippen molar-refractivity contribution in [3.8, 4) is 16.9 Å². The van der Waals surface area contributed by atoms with Gasteiger partial charge in [0, 0.05) is 5.56 Å². The van der Waals surface area contributed by atoms with Crippen LogP contribution in [0.3, 0.4) is 0 Å². The number of hydrogen-bond acceptors (Lipinski definition) is 3. The Morgan fingerprint density at radius 3 is 2.79 bits per heavy atom.